The van der Waals surface area contributed by atoms with E-state index in [-0.39, 0.29) is 17.8 Å². The predicted octanol–water partition coefficient (Wildman–Crippen LogP) is 3.18. The monoisotopic (exact) mass is 394 g/mol. The minimum absolute atomic E-state index is 0.211. The van der Waals surface area contributed by atoms with Gasteiger partial charge < -0.3 is 20.1 Å². The van der Waals surface area contributed by atoms with Gasteiger partial charge in [0.15, 0.2) is 0 Å². The summed E-state index contributed by atoms with van der Waals surface area (Å²) in [5.41, 5.74) is 4.70. The number of amides is 1. The molecule has 0 radical (unpaired) electrons. The first kappa shape index (κ1) is 18.3. The van der Waals surface area contributed by atoms with Crippen molar-refractivity contribution in [2.45, 2.75) is 32.0 Å². The first-order valence-corrected chi connectivity index (χ1v) is 10.1. The lowest BCUT2D eigenvalue weighted by molar-refractivity contribution is -0.110. The van der Waals surface area contributed by atoms with Crippen LogP contribution in [0.15, 0.2) is 36.4 Å². The van der Waals surface area contributed by atoms with Crippen molar-refractivity contribution in [1.29, 1.82) is 0 Å². The van der Waals surface area contributed by atoms with Crippen LogP contribution in [0.25, 0.3) is 11.3 Å². The Morgan fingerprint density at radius 2 is 2.10 bits per heavy atom. The molecule has 1 atom stereocenters. The van der Waals surface area contributed by atoms with E-state index in [1.165, 1.54) is 17.7 Å². The summed E-state index contributed by atoms with van der Waals surface area (Å²) in [5.74, 6) is -0.122. The van der Waals surface area contributed by atoms with Gasteiger partial charge in [-0.2, -0.15) is 0 Å². The number of anilines is 1. The molecule has 0 bridgehead atoms. The molecule has 0 saturated carbocycles. The average Bonchev–Trinajstić information content (AvgIpc) is 3.25. The highest BCUT2D eigenvalue weighted by Crippen LogP contribution is 2.41. The molecule has 6 heteroatoms. The van der Waals surface area contributed by atoms with Crippen molar-refractivity contribution in [3.05, 3.63) is 64.5 Å². The molecule has 150 valence electrons. The number of hydrogen-bond donors (Lipinski definition) is 2. The number of nitrogens with one attached hydrogen (secondary N) is 1. The van der Waals surface area contributed by atoms with Crippen LogP contribution in [0.2, 0.25) is 0 Å². The van der Waals surface area contributed by atoms with Crippen LogP contribution in [-0.4, -0.2) is 41.7 Å². The van der Waals surface area contributed by atoms with E-state index in [1.807, 2.05) is 6.07 Å². The fourth-order valence-corrected chi connectivity index (χ4v) is 4.46. The standard InChI is InChI=1S/C23H23FN2O3/c24-16-4-6-20-19(11-16)21(23(28)25-20)22-18-5-3-14(10-15(18)13-29-22)7-9-26-8-1-2-17(27)12-26/h3-6,10-11,17,27H,1-2,7-9,12-13H2,(H,25,28). The summed E-state index contributed by atoms with van der Waals surface area (Å²) in [7, 11) is 0. The highest BCUT2D eigenvalue weighted by Gasteiger charge is 2.32. The maximum Gasteiger partial charge on any atom is 0.260 e. The number of ether oxygens (including phenoxy) is 1. The third-order valence-electron chi connectivity index (χ3n) is 5.94. The van der Waals surface area contributed by atoms with Gasteiger partial charge in [-0.1, -0.05) is 18.2 Å². The minimum atomic E-state index is -0.380. The highest BCUT2D eigenvalue weighted by atomic mass is 19.1. The maximum atomic E-state index is 13.7. The number of likely N-dealkylation sites (tertiary alicyclic amines) is 1. The number of fused-ring (bicyclic) bond motifs is 2. The molecular formula is C23H23FN2O3. The number of hydrogen-bond acceptors (Lipinski definition) is 4. The third-order valence-corrected chi connectivity index (χ3v) is 5.94. The van der Waals surface area contributed by atoms with Crippen molar-refractivity contribution in [2.75, 3.05) is 25.0 Å². The number of rotatable bonds is 3. The second-order valence-corrected chi connectivity index (χ2v) is 7.97. The van der Waals surface area contributed by atoms with Gasteiger partial charge in [-0.3, -0.25) is 4.79 Å². The number of carbonyl (C=O) groups excluding carboxylic acids is 1. The molecule has 3 aliphatic rings. The van der Waals surface area contributed by atoms with E-state index in [4.69, 9.17) is 4.74 Å². The Balaban J connectivity index is 1.40. The maximum absolute atomic E-state index is 13.7. The van der Waals surface area contributed by atoms with Gasteiger partial charge in [-0.05, 0) is 49.6 Å². The van der Waals surface area contributed by atoms with Crippen LogP contribution in [0.5, 0.6) is 0 Å². The van der Waals surface area contributed by atoms with Crippen LogP contribution in [-0.2, 0) is 22.6 Å². The van der Waals surface area contributed by atoms with Crippen molar-refractivity contribution in [2.24, 2.45) is 0 Å². The number of halogens is 1. The van der Waals surface area contributed by atoms with Gasteiger partial charge in [0.25, 0.3) is 5.91 Å². The Kier molecular flexibility index (Phi) is 4.60. The zero-order chi connectivity index (χ0) is 20.0. The van der Waals surface area contributed by atoms with E-state index in [2.05, 4.69) is 22.3 Å². The molecule has 0 aliphatic carbocycles. The number of carbonyl (C=O) groups is 1. The predicted molar refractivity (Wildman–Crippen MR) is 108 cm³/mol. The summed E-state index contributed by atoms with van der Waals surface area (Å²) in [6.45, 7) is 3.10. The van der Waals surface area contributed by atoms with Crippen LogP contribution in [0, 0.1) is 5.82 Å². The van der Waals surface area contributed by atoms with E-state index in [9.17, 15) is 14.3 Å². The highest BCUT2D eigenvalue weighted by molar-refractivity contribution is 6.36. The van der Waals surface area contributed by atoms with Crippen molar-refractivity contribution in [3.8, 4) is 0 Å². The average molecular weight is 394 g/mol. The van der Waals surface area contributed by atoms with Gasteiger partial charge >= 0.3 is 0 Å². The summed E-state index contributed by atoms with van der Waals surface area (Å²) < 4.78 is 19.6. The molecule has 2 aromatic rings. The molecule has 29 heavy (non-hydrogen) atoms. The molecule has 1 unspecified atom stereocenters. The number of β-amino-alcohol motifs (C(OH)–C–C–N with tert-alkyl or cyclic N) is 1. The van der Waals surface area contributed by atoms with Gasteiger partial charge in [0.1, 0.15) is 18.2 Å². The lowest BCUT2D eigenvalue weighted by atomic mass is 9.98. The fraction of sp³-hybridized carbons (Fsp3) is 0.348. The van der Waals surface area contributed by atoms with E-state index in [0.29, 0.717) is 29.2 Å². The Labute approximate surface area is 168 Å². The molecule has 1 saturated heterocycles. The summed E-state index contributed by atoms with van der Waals surface area (Å²) in [6, 6.07) is 10.5. The van der Waals surface area contributed by atoms with Gasteiger partial charge in [0, 0.05) is 35.5 Å². The molecule has 2 N–H and O–H groups in total. The van der Waals surface area contributed by atoms with Crippen LogP contribution in [0.4, 0.5) is 10.1 Å². The summed E-state index contributed by atoms with van der Waals surface area (Å²) in [4.78, 5) is 14.8. The summed E-state index contributed by atoms with van der Waals surface area (Å²) >= 11 is 0. The van der Waals surface area contributed by atoms with Crippen molar-refractivity contribution < 1.29 is 19.0 Å². The number of benzene rings is 2. The molecular weight excluding hydrogens is 371 g/mol. The minimum Gasteiger partial charge on any atom is -0.487 e. The first-order chi connectivity index (χ1) is 14.1. The molecule has 0 spiro atoms. The van der Waals surface area contributed by atoms with Crippen LogP contribution < -0.4 is 5.32 Å². The molecule has 1 fully saturated rings. The summed E-state index contributed by atoms with van der Waals surface area (Å²) in [6.07, 6.45) is 2.63. The Morgan fingerprint density at radius 1 is 1.21 bits per heavy atom. The second-order valence-electron chi connectivity index (χ2n) is 7.97. The normalized spacial score (nSPS) is 23.5. The number of aliphatic hydroxyl groups excluding tert-OH is 1. The van der Waals surface area contributed by atoms with E-state index in [0.717, 1.165) is 50.0 Å². The fourth-order valence-electron chi connectivity index (χ4n) is 4.46. The van der Waals surface area contributed by atoms with Crippen LogP contribution in [0.3, 0.4) is 0 Å². The van der Waals surface area contributed by atoms with E-state index < -0.39 is 0 Å². The van der Waals surface area contributed by atoms with Crippen LogP contribution in [0.1, 0.15) is 35.1 Å². The van der Waals surface area contributed by atoms with Gasteiger partial charge in [-0.25, -0.2) is 4.39 Å². The number of nitrogens with zero attached hydrogens (tertiary/aromatic N) is 1. The SMILES string of the molecule is O=C1Nc2ccc(F)cc2C1=C1OCc2cc(CCN3CCCC(O)C3)ccc21. The van der Waals surface area contributed by atoms with Crippen LogP contribution >= 0.6 is 0 Å². The van der Waals surface area contributed by atoms with Gasteiger partial charge in [0.05, 0.1) is 11.7 Å². The quantitative estimate of drug-likeness (QED) is 0.785. The van der Waals surface area contributed by atoms with Gasteiger partial charge in [0.2, 0.25) is 0 Å². The molecule has 5 rings (SSSR count). The Morgan fingerprint density at radius 3 is 2.97 bits per heavy atom. The number of piperidine rings is 1. The second kappa shape index (κ2) is 7.28. The van der Waals surface area contributed by atoms with E-state index >= 15 is 0 Å². The molecule has 3 heterocycles. The molecule has 3 aliphatic heterocycles. The summed E-state index contributed by atoms with van der Waals surface area (Å²) in [5, 5.41) is 12.6. The van der Waals surface area contributed by atoms with Crippen molar-refractivity contribution >= 4 is 22.9 Å². The van der Waals surface area contributed by atoms with Crippen molar-refractivity contribution in [3.63, 3.8) is 0 Å². The topological polar surface area (TPSA) is 61.8 Å². The largest absolute Gasteiger partial charge is 0.487 e. The Hall–Kier alpha value is -2.70. The van der Waals surface area contributed by atoms with Gasteiger partial charge in [-0.15, -0.1) is 0 Å². The first-order valence-electron chi connectivity index (χ1n) is 10.1. The van der Waals surface area contributed by atoms with Crippen molar-refractivity contribution in [1.82, 2.24) is 4.90 Å². The Bertz CT molecular complexity index is 1020. The zero-order valence-corrected chi connectivity index (χ0v) is 16.1. The molecule has 2 aromatic carbocycles. The zero-order valence-electron chi connectivity index (χ0n) is 16.1. The lowest BCUT2D eigenvalue weighted by Crippen LogP contribution is -2.39. The molecule has 5 nitrogen and oxygen atoms in total. The lowest BCUT2D eigenvalue weighted by Gasteiger charge is -2.29. The van der Waals surface area contributed by atoms with E-state index in [1.54, 1.807) is 6.07 Å². The smallest absolute Gasteiger partial charge is 0.260 e. The molecule has 1 amide bonds. The molecule has 0 aromatic heterocycles. The third kappa shape index (κ3) is 3.43. The number of aliphatic hydroxyl groups is 1.